The molecule has 0 bridgehead atoms. The molecule has 0 unspecified atom stereocenters. The summed E-state index contributed by atoms with van der Waals surface area (Å²) in [5, 5.41) is 1.06. The van der Waals surface area contributed by atoms with E-state index in [1.54, 1.807) is 56.4 Å². The summed E-state index contributed by atoms with van der Waals surface area (Å²) < 4.78 is 32.1. The van der Waals surface area contributed by atoms with Crippen LogP contribution in [0.2, 0.25) is 0 Å². The van der Waals surface area contributed by atoms with Crippen molar-refractivity contribution in [3.8, 4) is 5.75 Å². The lowest BCUT2D eigenvalue weighted by atomic mass is 9.97. The predicted molar refractivity (Wildman–Crippen MR) is 136 cm³/mol. The average molecular weight is 491 g/mol. The molecule has 3 aromatic rings. The number of benzene rings is 2. The summed E-state index contributed by atoms with van der Waals surface area (Å²) in [6, 6.07) is 10.3. The third kappa shape index (κ3) is 6.02. The zero-order valence-electron chi connectivity index (χ0n) is 19.2. The molecule has 33 heavy (non-hydrogen) atoms. The first-order chi connectivity index (χ1) is 15.7. The van der Waals surface area contributed by atoms with Crippen molar-refractivity contribution >= 4 is 46.2 Å². The van der Waals surface area contributed by atoms with Crippen LogP contribution >= 0.6 is 24.4 Å². The second-order valence-corrected chi connectivity index (χ2v) is 9.03. The molecule has 0 aliphatic heterocycles. The fourth-order valence-electron chi connectivity index (χ4n) is 3.31. The molecule has 0 aliphatic rings. The van der Waals surface area contributed by atoms with Crippen molar-refractivity contribution in [3.05, 3.63) is 69.3 Å². The molecule has 0 amide bonds. The predicted octanol–water partition coefficient (Wildman–Crippen LogP) is 4.00. The van der Waals surface area contributed by atoms with Gasteiger partial charge in [0.1, 0.15) is 11.3 Å². The highest BCUT2D eigenvalue weighted by Gasteiger charge is 2.19. The largest absolute Gasteiger partial charge is 0.432 e. The number of rotatable bonds is 8. The van der Waals surface area contributed by atoms with E-state index < -0.39 is 11.4 Å². The number of hydrogen-bond donors (Lipinski definition) is 2. The van der Waals surface area contributed by atoms with Crippen molar-refractivity contribution in [2.45, 2.75) is 13.0 Å². The maximum atomic E-state index is 15.1. The molecule has 3 rings (SSSR count). The van der Waals surface area contributed by atoms with Crippen molar-refractivity contribution in [2.75, 3.05) is 40.0 Å². The third-order valence-corrected chi connectivity index (χ3v) is 5.82. The summed E-state index contributed by atoms with van der Waals surface area (Å²) in [6.45, 7) is 0.489. The van der Waals surface area contributed by atoms with Crippen molar-refractivity contribution in [2.24, 2.45) is 0 Å². The zero-order chi connectivity index (χ0) is 24.1. The number of nitrogens with one attached hydrogen (secondary N) is 2. The summed E-state index contributed by atoms with van der Waals surface area (Å²) >= 11 is 6.36. The minimum absolute atomic E-state index is 0.107. The molecule has 0 radical (unpaired) electrons. The van der Waals surface area contributed by atoms with Crippen LogP contribution in [0.3, 0.4) is 0 Å². The SMILES string of the molecule is CNSNc1cccc(Cc2c(CN(C)C)c3ccc(OC(=S)N(C)C)cc3oc2=O)c1F. The first-order valence-corrected chi connectivity index (χ1v) is 11.4. The number of fused-ring (bicyclic) bond motifs is 1. The van der Waals surface area contributed by atoms with Crippen molar-refractivity contribution in [1.82, 2.24) is 14.5 Å². The highest BCUT2D eigenvalue weighted by Crippen LogP contribution is 2.28. The van der Waals surface area contributed by atoms with Gasteiger partial charge in [-0.3, -0.25) is 0 Å². The Morgan fingerprint density at radius 3 is 2.61 bits per heavy atom. The van der Waals surface area contributed by atoms with Crippen molar-refractivity contribution in [1.29, 1.82) is 0 Å². The molecule has 7 nitrogen and oxygen atoms in total. The molecule has 1 heterocycles. The van der Waals surface area contributed by atoms with E-state index in [0.29, 0.717) is 39.9 Å². The normalized spacial score (nSPS) is 11.1. The first kappa shape index (κ1) is 25.0. The Labute approximate surface area is 202 Å². The van der Waals surface area contributed by atoms with E-state index in [1.165, 1.54) is 0 Å². The lowest BCUT2D eigenvalue weighted by Gasteiger charge is -2.18. The summed E-state index contributed by atoms with van der Waals surface area (Å²) in [5.74, 6) is 0.0660. The van der Waals surface area contributed by atoms with Gasteiger partial charge in [-0.2, -0.15) is 0 Å². The van der Waals surface area contributed by atoms with Gasteiger partial charge in [-0.1, -0.05) is 12.1 Å². The topological polar surface area (TPSA) is 70.0 Å². The molecular weight excluding hydrogens is 463 g/mol. The number of thiocarbonyl (C=S) groups is 1. The van der Waals surface area contributed by atoms with Crippen LogP contribution in [0.4, 0.5) is 10.1 Å². The van der Waals surface area contributed by atoms with E-state index in [0.717, 1.165) is 23.1 Å². The van der Waals surface area contributed by atoms with Gasteiger partial charge in [0.15, 0.2) is 5.82 Å². The Kier molecular flexibility index (Phi) is 8.30. The van der Waals surface area contributed by atoms with Gasteiger partial charge >= 0.3 is 5.63 Å². The molecule has 0 aliphatic carbocycles. The maximum Gasteiger partial charge on any atom is 0.340 e. The van der Waals surface area contributed by atoms with Gasteiger partial charge in [-0.05, 0) is 62.7 Å². The van der Waals surface area contributed by atoms with Gasteiger partial charge in [0.05, 0.1) is 5.69 Å². The fourth-order valence-corrected chi connectivity index (χ4v) is 3.77. The smallest absolute Gasteiger partial charge is 0.340 e. The first-order valence-electron chi connectivity index (χ1n) is 10.2. The van der Waals surface area contributed by atoms with E-state index >= 15 is 4.39 Å². The number of nitrogens with zero attached hydrogens (tertiary/aromatic N) is 2. The van der Waals surface area contributed by atoms with Crippen molar-refractivity contribution in [3.63, 3.8) is 0 Å². The van der Waals surface area contributed by atoms with Crippen LogP contribution in [0, 0.1) is 5.82 Å². The van der Waals surface area contributed by atoms with Crippen LogP contribution in [0.5, 0.6) is 5.75 Å². The lowest BCUT2D eigenvalue weighted by Crippen LogP contribution is -2.25. The van der Waals surface area contributed by atoms with Crippen LogP contribution in [-0.2, 0) is 13.0 Å². The van der Waals surface area contributed by atoms with Gasteiger partial charge in [-0.25, -0.2) is 13.9 Å². The standard InChI is InChI=1S/C23H27FN4O3S2/c1-25-33-26-19-8-6-7-14(21(19)24)11-17-18(13-27(2)3)16-10-9-15(30-23(32)28(4)5)12-20(16)31-22(17)29/h6-10,12,25-26H,11,13H2,1-5H3. The Balaban J connectivity index is 2.07. The molecule has 176 valence electrons. The lowest BCUT2D eigenvalue weighted by molar-refractivity contribution is 0.400. The average Bonchev–Trinajstić information content (AvgIpc) is 2.75. The van der Waals surface area contributed by atoms with Gasteiger partial charge in [0.2, 0.25) is 0 Å². The summed E-state index contributed by atoms with van der Waals surface area (Å²) in [6.07, 6.45) is 0.107. The minimum Gasteiger partial charge on any atom is -0.432 e. The Morgan fingerprint density at radius 1 is 1.18 bits per heavy atom. The van der Waals surface area contributed by atoms with E-state index in [9.17, 15) is 4.79 Å². The van der Waals surface area contributed by atoms with Crippen LogP contribution < -0.4 is 19.8 Å². The molecule has 0 fully saturated rings. The quantitative estimate of drug-likeness (QED) is 0.277. The van der Waals surface area contributed by atoms with Crippen LogP contribution in [0.25, 0.3) is 11.0 Å². The number of ether oxygens (including phenoxy) is 1. The van der Waals surface area contributed by atoms with Gasteiger partial charge < -0.3 is 23.7 Å². The molecule has 0 saturated heterocycles. The fraction of sp³-hybridized carbons (Fsp3) is 0.304. The molecule has 2 N–H and O–H groups in total. The Bertz CT molecular complexity index is 1210. The van der Waals surface area contributed by atoms with E-state index in [4.69, 9.17) is 21.4 Å². The van der Waals surface area contributed by atoms with Crippen molar-refractivity contribution < 1.29 is 13.5 Å². The molecule has 10 heteroatoms. The van der Waals surface area contributed by atoms with Gasteiger partial charge in [0, 0.05) is 56.2 Å². The molecular formula is C23H27FN4O3S2. The minimum atomic E-state index is -0.506. The van der Waals surface area contributed by atoms with E-state index in [-0.39, 0.29) is 6.42 Å². The zero-order valence-corrected chi connectivity index (χ0v) is 20.8. The summed E-state index contributed by atoms with van der Waals surface area (Å²) in [7, 11) is 9.13. The molecule has 0 atom stereocenters. The number of halogens is 1. The highest BCUT2D eigenvalue weighted by atomic mass is 32.2. The number of anilines is 1. The molecule has 0 saturated carbocycles. The molecule has 1 aromatic heterocycles. The number of hydrogen-bond acceptors (Lipinski definition) is 8. The Morgan fingerprint density at radius 2 is 1.94 bits per heavy atom. The van der Waals surface area contributed by atoms with E-state index in [2.05, 4.69) is 9.44 Å². The van der Waals surface area contributed by atoms with Gasteiger partial charge in [-0.15, -0.1) is 0 Å². The molecule has 2 aromatic carbocycles. The third-order valence-electron chi connectivity index (χ3n) is 4.85. The van der Waals surface area contributed by atoms with Crippen LogP contribution in [-0.4, -0.2) is 50.2 Å². The monoisotopic (exact) mass is 490 g/mol. The van der Waals surface area contributed by atoms with Crippen LogP contribution in [0.15, 0.2) is 45.6 Å². The summed E-state index contributed by atoms with van der Waals surface area (Å²) in [5.41, 5.74) is 1.83. The maximum absolute atomic E-state index is 15.1. The summed E-state index contributed by atoms with van der Waals surface area (Å²) in [4.78, 5) is 16.7. The van der Waals surface area contributed by atoms with Gasteiger partial charge in [0.25, 0.3) is 5.17 Å². The van der Waals surface area contributed by atoms with Crippen LogP contribution in [0.1, 0.15) is 16.7 Å². The highest BCUT2D eigenvalue weighted by molar-refractivity contribution is 7.98. The molecule has 0 spiro atoms. The second kappa shape index (κ2) is 11.0. The second-order valence-electron chi connectivity index (χ2n) is 7.87. The van der Waals surface area contributed by atoms with E-state index in [1.807, 2.05) is 25.1 Å². The Hall–Kier alpha value is -2.66.